The number of thiophene rings is 1. The maximum Gasteiger partial charge on any atom is 0.321 e. The number of piperazine rings is 1. The van der Waals surface area contributed by atoms with Crippen molar-refractivity contribution in [2.24, 2.45) is 0 Å². The Labute approximate surface area is 194 Å². The van der Waals surface area contributed by atoms with E-state index in [1.165, 1.54) is 0 Å². The molecule has 33 heavy (non-hydrogen) atoms. The SMILES string of the molecule is COc1ccc(NC(=O)N2CCN(c3nc(N)nc4scc(-c5cccnc5)c34)CC2)cc1. The van der Waals surface area contributed by atoms with Gasteiger partial charge < -0.3 is 25.6 Å². The third-order valence-corrected chi connectivity index (χ3v) is 6.48. The fraction of sp³-hybridized carbons (Fsp3) is 0.217. The molecule has 0 atom stereocenters. The highest BCUT2D eigenvalue weighted by Crippen LogP contribution is 2.38. The van der Waals surface area contributed by atoms with Crippen LogP contribution in [0.15, 0.2) is 54.2 Å². The van der Waals surface area contributed by atoms with Gasteiger partial charge in [-0.1, -0.05) is 6.07 Å². The number of benzene rings is 1. The van der Waals surface area contributed by atoms with E-state index < -0.39 is 0 Å². The first-order valence-electron chi connectivity index (χ1n) is 10.5. The summed E-state index contributed by atoms with van der Waals surface area (Å²) in [7, 11) is 1.61. The lowest BCUT2D eigenvalue weighted by atomic mass is 10.1. The lowest BCUT2D eigenvalue weighted by Gasteiger charge is -2.35. The fourth-order valence-corrected chi connectivity index (χ4v) is 4.85. The Bertz CT molecular complexity index is 1270. The van der Waals surface area contributed by atoms with Gasteiger partial charge >= 0.3 is 6.03 Å². The zero-order chi connectivity index (χ0) is 22.8. The minimum absolute atomic E-state index is 0.126. The smallest absolute Gasteiger partial charge is 0.321 e. The number of pyridine rings is 1. The van der Waals surface area contributed by atoms with Crippen molar-refractivity contribution in [2.45, 2.75) is 0 Å². The molecular weight excluding hydrogens is 438 g/mol. The number of amides is 2. The molecule has 0 spiro atoms. The minimum Gasteiger partial charge on any atom is -0.497 e. The number of nitrogens with zero attached hydrogens (tertiary/aromatic N) is 5. The number of nitrogens with two attached hydrogens (primary N) is 1. The maximum absolute atomic E-state index is 12.7. The average molecular weight is 462 g/mol. The van der Waals surface area contributed by atoms with E-state index in [0.717, 1.165) is 38.6 Å². The molecule has 3 N–H and O–H groups in total. The van der Waals surface area contributed by atoms with Gasteiger partial charge in [-0.15, -0.1) is 11.3 Å². The van der Waals surface area contributed by atoms with Gasteiger partial charge in [-0.05, 0) is 30.3 Å². The van der Waals surface area contributed by atoms with Crippen molar-refractivity contribution in [3.05, 3.63) is 54.2 Å². The van der Waals surface area contributed by atoms with Crippen LogP contribution in [0.5, 0.6) is 5.75 Å². The normalized spacial score (nSPS) is 13.8. The largest absolute Gasteiger partial charge is 0.497 e. The Morgan fingerprint density at radius 1 is 1.12 bits per heavy atom. The predicted molar refractivity (Wildman–Crippen MR) is 131 cm³/mol. The molecule has 1 fully saturated rings. The van der Waals surface area contributed by atoms with Gasteiger partial charge in [0.2, 0.25) is 5.95 Å². The van der Waals surface area contributed by atoms with Crippen molar-refractivity contribution in [1.82, 2.24) is 19.9 Å². The molecule has 1 aliphatic rings. The van der Waals surface area contributed by atoms with E-state index in [2.05, 4.69) is 30.5 Å². The second-order valence-corrected chi connectivity index (χ2v) is 8.47. The van der Waals surface area contributed by atoms with Crippen LogP contribution in [0.25, 0.3) is 21.3 Å². The summed E-state index contributed by atoms with van der Waals surface area (Å²) in [6, 6.07) is 11.1. The molecule has 5 rings (SSSR count). The molecule has 9 nitrogen and oxygen atoms in total. The molecule has 3 aromatic heterocycles. The van der Waals surface area contributed by atoms with Gasteiger partial charge in [-0.25, -0.2) is 9.78 Å². The van der Waals surface area contributed by atoms with Crippen LogP contribution in [0.2, 0.25) is 0 Å². The molecule has 4 heterocycles. The maximum atomic E-state index is 12.7. The third-order valence-electron chi connectivity index (χ3n) is 5.61. The van der Waals surface area contributed by atoms with Crippen molar-refractivity contribution in [1.29, 1.82) is 0 Å². The number of aromatic nitrogens is 3. The number of hydrogen-bond donors (Lipinski definition) is 2. The van der Waals surface area contributed by atoms with Crippen LogP contribution in [0.4, 0.5) is 22.2 Å². The Morgan fingerprint density at radius 2 is 1.91 bits per heavy atom. The molecule has 10 heteroatoms. The van der Waals surface area contributed by atoms with Gasteiger partial charge in [0, 0.05) is 60.8 Å². The highest BCUT2D eigenvalue weighted by atomic mass is 32.1. The molecular formula is C23H23N7O2S. The number of hydrogen-bond acceptors (Lipinski definition) is 8. The van der Waals surface area contributed by atoms with E-state index in [1.807, 2.05) is 42.6 Å². The first kappa shape index (κ1) is 21.0. The van der Waals surface area contributed by atoms with Crippen LogP contribution in [-0.4, -0.2) is 59.2 Å². The zero-order valence-corrected chi connectivity index (χ0v) is 18.9. The van der Waals surface area contributed by atoms with Gasteiger partial charge in [0.25, 0.3) is 0 Å². The molecule has 2 amide bonds. The van der Waals surface area contributed by atoms with Crippen LogP contribution in [0, 0.1) is 0 Å². The number of carbonyl (C=O) groups excluding carboxylic acids is 1. The summed E-state index contributed by atoms with van der Waals surface area (Å²) in [5, 5.41) is 5.98. The number of nitrogen functional groups attached to an aromatic ring is 1. The fourth-order valence-electron chi connectivity index (χ4n) is 3.90. The number of methoxy groups -OCH3 is 1. The number of carbonyl (C=O) groups is 1. The van der Waals surface area contributed by atoms with Crippen LogP contribution < -0.4 is 20.7 Å². The number of urea groups is 1. The summed E-state index contributed by atoms with van der Waals surface area (Å²) in [4.78, 5) is 30.8. The summed E-state index contributed by atoms with van der Waals surface area (Å²) < 4.78 is 5.16. The molecule has 0 aliphatic carbocycles. The summed E-state index contributed by atoms with van der Waals surface area (Å²) >= 11 is 1.54. The van der Waals surface area contributed by atoms with Crippen LogP contribution in [0.3, 0.4) is 0 Å². The van der Waals surface area contributed by atoms with E-state index in [-0.39, 0.29) is 12.0 Å². The molecule has 1 saturated heterocycles. The van der Waals surface area contributed by atoms with Gasteiger partial charge in [0.1, 0.15) is 16.4 Å². The Balaban J connectivity index is 1.34. The van der Waals surface area contributed by atoms with Crippen molar-refractivity contribution >= 4 is 45.0 Å². The molecule has 1 aliphatic heterocycles. The summed E-state index contributed by atoms with van der Waals surface area (Å²) in [5.74, 6) is 1.79. The molecule has 1 aromatic carbocycles. The first-order chi connectivity index (χ1) is 16.1. The molecule has 168 valence electrons. The highest BCUT2D eigenvalue weighted by Gasteiger charge is 2.25. The van der Waals surface area contributed by atoms with E-state index in [1.54, 1.807) is 29.5 Å². The second-order valence-electron chi connectivity index (χ2n) is 7.61. The topological polar surface area (TPSA) is 110 Å². The zero-order valence-electron chi connectivity index (χ0n) is 18.1. The van der Waals surface area contributed by atoms with E-state index in [9.17, 15) is 4.79 Å². The number of nitrogens with one attached hydrogen (secondary N) is 1. The van der Waals surface area contributed by atoms with Gasteiger partial charge in [0.15, 0.2) is 0 Å². The highest BCUT2D eigenvalue weighted by molar-refractivity contribution is 7.17. The van der Waals surface area contributed by atoms with Gasteiger partial charge in [-0.2, -0.15) is 4.98 Å². The third kappa shape index (κ3) is 4.24. The van der Waals surface area contributed by atoms with Crippen molar-refractivity contribution < 1.29 is 9.53 Å². The molecule has 0 bridgehead atoms. The summed E-state index contributed by atoms with van der Waals surface area (Å²) in [5.41, 5.74) is 8.80. The predicted octanol–water partition coefficient (Wildman–Crippen LogP) is 3.70. The molecule has 4 aromatic rings. The van der Waals surface area contributed by atoms with Crippen molar-refractivity contribution in [3.8, 4) is 16.9 Å². The molecule has 0 saturated carbocycles. The van der Waals surface area contributed by atoms with Crippen molar-refractivity contribution in [3.63, 3.8) is 0 Å². The number of fused-ring (bicyclic) bond motifs is 1. The van der Waals surface area contributed by atoms with Gasteiger partial charge in [-0.3, -0.25) is 4.98 Å². The van der Waals surface area contributed by atoms with E-state index >= 15 is 0 Å². The lowest BCUT2D eigenvalue weighted by molar-refractivity contribution is 0.208. The van der Waals surface area contributed by atoms with E-state index in [4.69, 9.17) is 10.5 Å². The molecule has 0 unspecified atom stereocenters. The number of ether oxygens (including phenoxy) is 1. The lowest BCUT2D eigenvalue weighted by Crippen LogP contribution is -2.50. The summed E-state index contributed by atoms with van der Waals surface area (Å²) in [6.07, 6.45) is 3.59. The number of rotatable bonds is 4. The van der Waals surface area contributed by atoms with E-state index in [0.29, 0.717) is 26.2 Å². The Hall–Kier alpha value is -3.92. The number of anilines is 3. The summed E-state index contributed by atoms with van der Waals surface area (Å²) in [6.45, 7) is 2.42. The average Bonchev–Trinajstić information content (AvgIpc) is 3.28. The van der Waals surface area contributed by atoms with Crippen LogP contribution in [0.1, 0.15) is 0 Å². The standard InChI is InChI=1S/C23H23N7O2S/c1-32-17-6-4-16(5-7-17)26-23(31)30-11-9-29(10-12-30)20-19-18(15-3-2-8-25-13-15)14-33-21(19)28-22(24)27-20/h2-8,13-14H,9-12H2,1H3,(H,26,31)(H2,24,27,28). The Kier molecular flexibility index (Phi) is 5.66. The van der Waals surface area contributed by atoms with Crippen molar-refractivity contribution in [2.75, 3.05) is 49.2 Å². The van der Waals surface area contributed by atoms with Crippen LogP contribution >= 0.6 is 11.3 Å². The monoisotopic (exact) mass is 461 g/mol. The first-order valence-corrected chi connectivity index (χ1v) is 11.4. The second kappa shape index (κ2) is 8.91. The minimum atomic E-state index is -0.126. The Morgan fingerprint density at radius 3 is 2.61 bits per heavy atom. The van der Waals surface area contributed by atoms with Gasteiger partial charge in [0.05, 0.1) is 12.5 Å². The van der Waals surface area contributed by atoms with Crippen LogP contribution in [-0.2, 0) is 0 Å². The molecule has 0 radical (unpaired) electrons. The quantitative estimate of drug-likeness (QED) is 0.477.